The van der Waals surface area contributed by atoms with E-state index in [-0.39, 0.29) is 34.5 Å². The molecule has 2 N–H and O–H groups in total. The Morgan fingerprint density at radius 2 is 1.74 bits per heavy atom. The summed E-state index contributed by atoms with van der Waals surface area (Å²) in [6.07, 6.45) is 0.534. The molecule has 1 amide bonds. The lowest BCUT2D eigenvalue weighted by atomic mass is 9.95. The number of aromatic nitrogens is 1. The summed E-state index contributed by atoms with van der Waals surface area (Å²) in [6.45, 7) is 14.7. The van der Waals surface area contributed by atoms with Crippen LogP contribution in [0.2, 0.25) is 0 Å². The first-order valence-corrected chi connectivity index (χ1v) is 10.8. The third kappa shape index (κ3) is 6.15. The van der Waals surface area contributed by atoms with Gasteiger partial charge in [-0.25, -0.2) is 4.79 Å². The van der Waals surface area contributed by atoms with E-state index >= 15 is 0 Å². The number of aromatic hydroxyl groups is 1. The average Bonchev–Trinajstić information content (AvgIpc) is 2.61. The van der Waals surface area contributed by atoms with Crippen LogP contribution in [0, 0.1) is 10.8 Å². The number of carboxylic acid groups (broad SMARTS) is 1. The molecule has 2 aromatic rings. The molecule has 31 heavy (non-hydrogen) atoms. The molecule has 0 aliphatic carbocycles. The standard InChI is InChI=1S/C24H36N2O5/c1-8-9-12-31-19-18-13-16(27)10-11-17(18)21(28)25(14-23(2,3)4)20(19)26(22(29)30)15-24(5,6)7/h10-11,13,27H,8-9,12,14-15H2,1-7H3,(H,29,30). The van der Waals surface area contributed by atoms with Gasteiger partial charge in [0.05, 0.1) is 12.0 Å². The van der Waals surface area contributed by atoms with Crippen LogP contribution < -0.4 is 15.2 Å². The van der Waals surface area contributed by atoms with Crippen molar-refractivity contribution < 1.29 is 19.7 Å². The van der Waals surface area contributed by atoms with E-state index in [2.05, 4.69) is 0 Å². The third-order valence-electron chi connectivity index (χ3n) is 4.68. The zero-order valence-electron chi connectivity index (χ0n) is 19.8. The van der Waals surface area contributed by atoms with Gasteiger partial charge in [0.2, 0.25) is 0 Å². The summed E-state index contributed by atoms with van der Waals surface area (Å²) in [4.78, 5) is 27.1. The molecule has 0 unspecified atom stereocenters. The van der Waals surface area contributed by atoms with Gasteiger partial charge in [0.15, 0.2) is 11.6 Å². The Labute approximate surface area is 184 Å². The molecular weight excluding hydrogens is 396 g/mol. The molecule has 0 bridgehead atoms. The maximum atomic E-state index is 13.5. The molecule has 172 valence electrons. The number of fused-ring (bicyclic) bond motifs is 1. The van der Waals surface area contributed by atoms with E-state index in [1.165, 1.54) is 21.6 Å². The van der Waals surface area contributed by atoms with Crippen LogP contribution >= 0.6 is 0 Å². The second-order valence-corrected chi connectivity index (χ2v) is 10.5. The Morgan fingerprint density at radius 3 is 2.26 bits per heavy atom. The van der Waals surface area contributed by atoms with Gasteiger partial charge < -0.3 is 14.9 Å². The molecule has 1 heterocycles. The fourth-order valence-electron chi connectivity index (χ4n) is 3.45. The van der Waals surface area contributed by atoms with Gasteiger partial charge in [0.25, 0.3) is 5.56 Å². The molecule has 1 aromatic heterocycles. The zero-order chi connectivity index (χ0) is 23.6. The smallest absolute Gasteiger partial charge is 0.413 e. The number of carbonyl (C=O) groups is 1. The largest absolute Gasteiger partial charge is 0.508 e. The van der Waals surface area contributed by atoms with E-state index in [9.17, 15) is 19.8 Å². The quantitative estimate of drug-likeness (QED) is 0.567. The van der Waals surface area contributed by atoms with Crippen LogP contribution in [0.4, 0.5) is 10.6 Å². The van der Waals surface area contributed by atoms with Crippen molar-refractivity contribution in [2.75, 3.05) is 18.1 Å². The van der Waals surface area contributed by atoms with Crippen molar-refractivity contribution in [3.05, 3.63) is 28.6 Å². The molecule has 0 atom stereocenters. The lowest BCUT2D eigenvalue weighted by Crippen LogP contribution is -2.42. The summed E-state index contributed by atoms with van der Waals surface area (Å²) in [6, 6.07) is 4.50. The highest BCUT2D eigenvalue weighted by atomic mass is 16.5. The maximum Gasteiger partial charge on any atom is 0.413 e. The predicted molar refractivity (Wildman–Crippen MR) is 125 cm³/mol. The summed E-state index contributed by atoms with van der Waals surface area (Å²) < 4.78 is 7.64. The summed E-state index contributed by atoms with van der Waals surface area (Å²) >= 11 is 0. The summed E-state index contributed by atoms with van der Waals surface area (Å²) in [5.41, 5.74) is -0.937. The Kier molecular flexibility index (Phi) is 7.29. The van der Waals surface area contributed by atoms with Crippen molar-refractivity contribution in [2.45, 2.75) is 67.9 Å². The molecule has 2 rings (SSSR count). The van der Waals surface area contributed by atoms with E-state index < -0.39 is 6.09 Å². The Hall–Kier alpha value is -2.70. The summed E-state index contributed by atoms with van der Waals surface area (Å²) in [5, 5.41) is 21.0. The van der Waals surface area contributed by atoms with Crippen LogP contribution in [-0.4, -0.2) is 34.0 Å². The zero-order valence-corrected chi connectivity index (χ0v) is 19.8. The number of unbranched alkanes of at least 4 members (excludes halogenated alkanes) is 1. The van der Waals surface area contributed by atoms with Crippen molar-refractivity contribution in [2.24, 2.45) is 10.8 Å². The van der Waals surface area contributed by atoms with Crippen LogP contribution in [0.3, 0.4) is 0 Å². The highest BCUT2D eigenvalue weighted by Crippen LogP contribution is 2.38. The fourth-order valence-corrected chi connectivity index (χ4v) is 3.45. The van der Waals surface area contributed by atoms with Crippen LogP contribution in [-0.2, 0) is 6.54 Å². The van der Waals surface area contributed by atoms with Crippen LogP contribution in [0.15, 0.2) is 23.0 Å². The molecule has 7 heteroatoms. The minimum absolute atomic E-state index is 0.00976. The van der Waals surface area contributed by atoms with Crippen molar-refractivity contribution in [3.63, 3.8) is 0 Å². The average molecular weight is 433 g/mol. The van der Waals surface area contributed by atoms with Gasteiger partial charge in [-0.05, 0) is 35.4 Å². The van der Waals surface area contributed by atoms with Crippen LogP contribution in [0.1, 0.15) is 61.3 Å². The number of phenolic OH excluding ortho intramolecular Hbond substituents is 1. The van der Waals surface area contributed by atoms with E-state index in [0.29, 0.717) is 29.7 Å². The lowest BCUT2D eigenvalue weighted by molar-refractivity contribution is 0.196. The van der Waals surface area contributed by atoms with E-state index in [1.807, 2.05) is 48.5 Å². The number of hydrogen-bond donors (Lipinski definition) is 2. The van der Waals surface area contributed by atoms with Gasteiger partial charge in [-0.2, -0.15) is 0 Å². The third-order valence-corrected chi connectivity index (χ3v) is 4.68. The molecule has 0 aliphatic rings. The van der Waals surface area contributed by atoms with E-state index in [1.54, 1.807) is 6.07 Å². The number of phenols is 1. The normalized spacial score (nSPS) is 12.2. The molecule has 0 spiro atoms. The Balaban J connectivity index is 2.96. The number of amides is 1. The van der Waals surface area contributed by atoms with E-state index in [4.69, 9.17) is 4.74 Å². The number of hydrogen-bond acceptors (Lipinski definition) is 4. The molecule has 0 saturated heterocycles. The van der Waals surface area contributed by atoms with Crippen molar-refractivity contribution in [3.8, 4) is 11.5 Å². The van der Waals surface area contributed by atoms with Crippen LogP contribution in [0.25, 0.3) is 10.8 Å². The number of benzene rings is 1. The first kappa shape index (κ1) is 24.6. The summed E-state index contributed by atoms with van der Waals surface area (Å²) in [5.74, 6) is 0.524. The van der Waals surface area contributed by atoms with Crippen molar-refractivity contribution >= 4 is 22.7 Å². The molecule has 0 aliphatic heterocycles. The number of anilines is 1. The number of nitrogens with zero attached hydrogens (tertiary/aromatic N) is 2. The van der Waals surface area contributed by atoms with Crippen molar-refractivity contribution in [1.29, 1.82) is 0 Å². The first-order valence-electron chi connectivity index (χ1n) is 10.8. The SMILES string of the molecule is CCCCOc1c(N(CC(C)(C)C)C(=O)O)n(CC(C)(C)C)c(=O)c2ccc(O)cc12. The molecule has 7 nitrogen and oxygen atoms in total. The lowest BCUT2D eigenvalue weighted by Gasteiger charge is -2.33. The second-order valence-electron chi connectivity index (χ2n) is 10.5. The van der Waals surface area contributed by atoms with Gasteiger partial charge >= 0.3 is 6.09 Å². The highest BCUT2D eigenvalue weighted by Gasteiger charge is 2.31. The molecule has 1 aromatic carbocycles. The van der Waals surface area contributed by atoms with E-state index in [0.717, 1.165) is 12.8 Å². The number of pyridine rings is 1. The Bertz CT molecular complexity index is 996. The minimum Gasteiger partial charge on any atom is -0.508 e. The van der Waals surface area contributed by atoms with Crippen LogP contribution in [0.5, 0.6) is 11.5 Å². The van der Waals surface area contributed by atoms with Gasteiger partial charge in [-0.15, -0.1) is 0 Å². The van der Waals surface area contributed by atoms with Crippen molar-refractivity contribution in [1.82, 2.24) is 4.57 Å². The van der Waals surface area contributed by atoms with Gasteiger partial charge in [0.1, 0.15) is 5.75 Å². The molecule has 0 saturated carbocycles. The molecular formula is C24H36N2O5. The molecule has 0 radical (unpaired) electrons. The predicted octanol–water partition coefficient (Wildman–Crippen LogP) is 5.46. The van der Waals surface area contributed by atoms with Gasteiger partial charge in [-0.3, -0.25) is 14.3 Å². The van der Waals surface area contributed by atoms with Gasteiger partial charge in [-0.1, -0.05) is 54.9 Å². The van der Waals surface area contributed by atoms with Gasteiger partial charge in [0, 0.05) is 18.5 Å². The minimum atomic E-state index is -1.16. The first-order chi connectivity index (χ1) is 14.2. The molecule has 0 fully saturated rings. The number of rotatable bonds is 7. The topological polar surface area (TPSA) is 92.0 Å². The number of ether oxygens (including phenoxy) is 1. The highest BCUT2D eigenvalue weighted by molar-refractivity contribution is 5.97. The monoisotopic (exact) mass is 432 g/mol. The summed E-state index contributed by atoms with van der Waals surface area (Å²) in [7, 11) is 0. The second kappa shape index (κ2) is 9.20. The maximum absolute atomic E-state index is 13.5. The Morgan fingerprint density at radius 1 is 1.10 bits per heavy atom. The fraction of sp³-hybridized carbons (Fsp3) is 0.583.